The van der Waals surface area contributed by atoms with Crippen LogP contribution >= 0.6 is 11.6 Å². The van der Waals surface area contributed by atoms with Crippen LogP contribution in [0, 0.1) is 0 Å². The minimum absolute atomic E-state index is 0.0217. The maximum atomic E-state index is 14.0. The molecule has 1 N–H and O–H groups in total. The van der Waals surface area contributed by atoms with Crippen LogP contribution in [-0.4, -0.2) is 54.8 Å². The summed E-state index contributed by atoms with van der Waals surface area (Å²) in [4.78, 5) is 26.9. The third kappa shape index (κ3) is 5.66. The number of benzene rings is 1. The summed E-state index contributed by atoms with van der Waals surface area (Å²) >= 11 is 5.87. The highest BCUT2D eigenvalue weighted by atomic mass is 35.5. The molecule has 1 fully saturated rings. The second-order valence-electron chi connectivity index (χ2n) is 10.5. The van der Waals surface area contributed by atoms with Crippen LogP contribution in [0.25, 0.3) is 11.2 Å². The zero-order valence-electron chi connectivity index (χ0n) is 22.6. The number of rotatable bonds is 8. The summed E-state index contributed by atoms with van der Waals surface area (Å²) in [6, 6.07) is 8.69. The van der Waals surface area contributed by atoms with Crippen molar-refractivity contribution in [1.82, 2.24) is 24.4 Å². The maximum absolute atomic E-state index is 14.0. The monoisotopic (exact) mass is 601 g/mol. The lowest BCUT2D eigenvalue weighted by Gasteiger charge is -2.36. The molecule has 2 atom stereocenters. The molecule has 1 saturated heterocycles. The Morgan fingerprint density at radius 2 is 2.02 bits per heavy atom. The third-order valence-electron chi connectivity index (χ3n) is 7.79. The van der Waals surface area contributed by atoms with E-state index in [4.69, 9.17) is 26.1 Å². The van der Waals surface area contributed by atoms with E-state index in [-0.39, 0.29) is 30.2 Å². The van der Waals surface area contributed by atoms with Gasteiger partial charge in [-0.15, -0.1) is 0 Å². The summed E-state index contributed by atoms with van der Waals surface area (Å²) in [5.74, 6) is -0.704. The number of aromatic nitrogens is 4. The Kier molecular flexibility index (Phi) is 7.54. The third-order valence-corrected chi connectivity index (χ3v) is 8.02. The molecule has 0 bridgehead atoms. The summed E-state index contributed by atoms with van der Waals surface area (Å²) in [6.45, 7) is 3.84. The van der Waals surface area contributed by atoms with E-state index in [1.807, 2.05) is 11.5 Å². The van der Waals surface area contributed by atoms with E-state index in [1.165, 1.54) is 24.4 Å². The number of hydrogen-bond donors (Lipinski definition) is 1. The first kappa shape index (κ1) is 28.4. The van der Waals surface area contributed by atoms with Gasteiger partial charge in [-0.3, -0.25) is 9.88 Å². The van der Waals surface area contributed by atoms with Crippen molar-refractivity contribution >= 4 is 28.7 Å². The van der Waals surface area contributed by atoms with Gasteiger partial charge in [-0.05, 0) is 67.3 Å². The quantitative estimate of drug-likeness (QED) is 0.275. The molecular weight excluding hydrogens is 575 g/mol. The zero-order chi connectivity index (χ0) is 29.6. The molecule has 13 heteroatoms. The van der Waals surface area contributed by atoms with Gasteiger partial charge in [0.1, 0.15) is 23.7 Å². The van der Waals surface area contributed by atoms with Crippen molar-refractivity contribution in [2.24, 2.45) is 0 Å². The van der Waals surface area contributed by atoms with E-state index in [0.717, 1.165) is 12.0 Å². The molecule has 5 heterocycles. The summed E-state index contributed by atoms with van der Waals surface area (Å²) < 4.78 is 55.3. The summed E-state index contributed by atoms with van der Waals surface area (Å²) in [5, 5.41) is 9.88. The maximum Gasteiger partial charge on any atom is 0.419 e. The van der Waals surface area contributed by atoms with Gasteiger partial charge in [0.05, 0.1) is 35.5 Å². The second-order valence-corrected chi connectivity index (χ2v) is 10.9. The van der Waals surface area contributed by atoms with E-state index in [1.54, 1.807) is 18.2 Å². The largest absolute Gasteiger partial charge is 0.487 e. The van der Waals surface area contributed by atoms with Gasteiger partial charge in [0, 0.05) is 25.4 Å². The smallest absolute Gasteiger partial charge is 0.419 e. The van der Waals surface area contributed by atoms with Crippen molar-refractivity contribution in [3.63, 3.8) is 0 Å². The van der Waals surface area contributed by atoms with E-state index in [9.17, 15) is 23.1 Å². The fourth-order valence-corrected chi connectivity index (χ4v) is 5.51. The number of fused-ring (bicyclic) bond motifs is 2. The van der Waals surface area contributed by atoms with Gasteiger partial charge in [0.15, 0.2) is 11.3 Å². The van der Waals surface area contributed by atoms with Crippen LogP contribution in [0.3, 0.4) is 0 Å². The number of carboxylic acids is 1. The van der Waals surface area contributed by atoms with Gasteiger partial charge in [-0.1, -0.05) is 11.6 Å². The lowest BCUT2D eigenvalue weighted by molar-refractivity contribution is -0.139. The minimum Gasteiger partial charge on any atom is -0.487 e. The lowest BCUT2D eigenvalue weighted by Crippen LogP contribution is -2.36. The van der Waals surface area contributed by atoms with Crippen molar-refractivity contribution in [2.45, 2.75) is 57.8 Å². The van der Waals surface area contributed by atoms with Crippen LogP contribution in [0.2, 0.25) is 5.02 Å². The first-order valence-electron chi connectivity index (χ1n) is 13.5. The van der Waals surface area contributed by atoms with Crippen LogP contribution in [0.1, 0.15) is 58.1 Å². The van der Waals surface area contributed by atoms with Gasteiger partial charge >= 0.3 is 12.1 Å². The highest BCUT2D eigenvalue weighted by Crippen LogP contribution is 2.42. The predicted octanol–water partition coefficient (Wildman–Crippen LogP) is 5.68. The summed E-state index contributed by atoms with van der Waals surface area (Å²) in [5.41, 5.74) is 1.95. The predicted molar refractivity (Wildman–Crippen MR) is 146 cm³/mol. The fourth-order valence-electron chi connectivity index (χ4n) is 5.39. The number of halogens is 4. The number of imidazole rings is 1. The van der Waals surface area contributed by atoms with Gasteiger partial charge in [-0.2, -0.15) is 13.2 Å². The van der Waals surface area contributed by atoms with Crippen molar-refractivity contribution in [1.29, 1.82) is 0 Å². The molecule has 0 spiro atoms. The Labute approximate surface area is 243 Å². The van der Waals surface area contributed by atoms with Crippen molar-refractivity contribution in [3.05, 3.63) is 81.5 Å². The second kappa shape index (κ2) is 11.2. The first-order chi connectivity index (χ1) is 20.1. The summed E-state index contributed by atoms with van der Waals surface area (Å²) in [7, 11) is 0. The number of carbonyl (C=O) groups is 1. The number of aromatic carboxylic acids is 1. The number of nitrogens with zero attached hydrogens (tertiary/aromatic N) is 5. The minimum atomic E-state index is -4.59. The molecule has 0 saturated carbocycles. The molecule has 2 aliphatic rings. The van der Waals surface area contributed by atoms with E-state index in [0.29, 0.717) is 65.9 Å². The molecule has 0 unspecified atom stereocenters. The van der Waals surface area contributed by atoms with E-state index in [2.05, 4.69) is 14.9 Å². The average Bonchev–Trinajstić information content (AvgIpc) is 3.27. The summed E-state index contributed by atoms with van der Waals surface area (Å²) in [6.07, 6.45) is -1.91. The van der Waals surface area contributed by atoms with E-state index >= 15 is 0 Å². The molecule has 220 valence electrons. The Balaban J connectivity index is 1.30. The average molecular weight is 602 g/mol. The molecule has 0 amide bonds. The zero-order valence-corrected chi connectivity index (χ0v) is 23.3. The number of pyridine rings is 2. The number of carboxylic acid groups (broad SMARTS) is 1. The van der Waals surface area contributed by atoms with E-state index < -0.39 is 17.7 Å². The SMILES string of the molecule is C[C@H]1c2cc(OCc3ccc(Cl)cn3)c(C(F)(F)F)cc2CCN1Cc1nc2ccc(C(=O)O)nc2n1C[C@@H]1CCO1. The highest BCUT2D eigenvalue weighted by molar-refractivity contribution is 6.30. The topological polar surface area (TPSA) is 103 Å². The number of alkyl halides is 3. The molecule has 0 radical (unpaired) electrons. The fraction of sp³-hybridized carbons (Fsp3) is 0.379. The van der Waals surface area contributed by atoms with Crippen molar-refractivity contribution < 1.29 is 32.5 Å². The number of ether oxygens (including phenoxy) is 2. The molecule has 42 heavy (non-hydrogen) atoms. The molecule has 9 nitrogen and oxygen atoms in total. The van der Waals surface area contributed by atoms with Gasteiger partial charge in [-0.25, -0.2) is 14.8 Å². The van der Waals surface area contributed by atoms with Crippen LogP contribution in [0.15, 0.2) is 42.6 Å². The lowest BCUT2D eigenvalue weighted by atomic mass is 9.91. The molecule has 0 aliphatic carbocycles. The Hall–Kier alpha value is -3.74. The molecular formula is C29H27ClF3N5O4. The Bertz CT molecular complexity index is 1640. The molecule has 1 aromatic carbocycles. The van der Waals surface area contributed by atoms with Crippen LogP contribution < -0.4 is 4.74 Å². The molecule has 6 rings (SSSR count). The number of hydrogen-bond acceptors (Lipinski definition) is 7. The highest BCUT2D eigenvalue weighted by Gasteiger charge is 2.37. The van der Waals surface area contributed by atoms with Crippen LogP contribution in [-0.2, 0) is 37.0 Å². The Morgan fingerprint density at radius 3 is 2.69 bits per heavy atom. The van der Waals surface area contributed by atoms with Gasteiger partial charge in [0.2, 0.25) is 0 Å². The standard InChI is InChI=1S/C29H27ClF3N5O4/c1-16-21-11-25(42-15-19-3-2-18(30)12-34-19)22(29(31,32)33)10-17(21)6-8-37(16)14-26-35-23-4-5-24(28(39)40)36-27(23)38(26)13-20-7-9-41-20/h2-5,10-12,16,20H,6-9,13-15H2,1H3,(H,39,40)/t16-,20-/m0/s1. The normalized spacial score (nSPS) is 19.0. The molecule has 2 aliphatic heterocycles. The van der Waals surface area contributed by atoms with Crippen molar-refractivity contribution in [3.8, 4) is 5.75 Å². The first-order valence-corrected chi connectivity index (χ1v) is 13.9. The van der Waals surface area contributed by atoms with Crippen LogP contribution in [0.5, 0.6) is 5.75 Å². The Morgan fingerprint density at radius 1 is 1.21 bits per heavy atom. The van der Waals surface area contributed by atoms with Gasteiger partial charge in [0.25, 0.3) is 0 Å². The molecule has 4 aromatic rings. The molecule has 3 aromatic heterocycles. The van der Waals surface area contributed by atoms with Crippen LogP contribution in [0.4, 0.5) is 13.2 Å². The van der Waals surface area contributed by atoms with Gasteiger partial charge < -0.3 is 19.1 Å². The van der Waals surface area contributed by atoms with Crippen molar-refractivity contribution in [2.75, 3.05) is 13.2 Å².